The summed E-state index contributed by atoms with van der Waals surface area (Å²) >= 11 is 0. The third-order valence-corrected chi connectivity index (χ3v) is 4.59. The Morgan fingerprint density at radius 3 is 2.31 bits per heavy atom. The minimum Gasteiger partial charge on any atom is -0.497 e. The van der Waals surface area contributed by atoms with Crippen LogP contribution in [0, 0.1) is 13.8 Å². The van der Waals surface area contributed by atoms with Crippen molar-refractivity contribution < 1.29 is 19.1 Å². The van der Waals surface area contributed by atoms with Crippen LogP contribution in [0.4, 0.5) is 0 Å². The van der Waals surface area contributed by atoms with Crippen molar-refractivity contribution in [1.29, 1.82) is 0 Å². The van der Waals surface area contributed by atoms with Crippen molar-refractivity contribution in [2.75, 3.05) is 7.11 Å². The van der Waals surface area contributed by atoms with Crippen molar-refractivity contribution in [2.24, 2.45) is 0 Å². The predicted molar refractivity (Wildman–Crippen MR) is 109 cm³/mol. The monoisotopic (exact) mass is 393 g/mol. The lowest BCUT2D eigenvalue weighted by Crippen LogP contribution is -2.35. The number of hydrogen-bond donors (Lipinski definition) is 1. The van der Waals surface area contributed by atoms with Crippen LogP contribution in [0.25, 0.3) is 11.0 Å². The van der Waals surface area contributed by atoms with E-state index in [2.05, 4.69) is 15.3 Å². The number of esters is 1. The highest BCUT2D eigenvalue weighted by Crippen LogP contribution is 2.16. The summed E-state index contributed by atoms with van der Waals surface area (Å²) in [6, 6.07) is 12.3. The average molecular weight is 393 g/mol. The number of methoxy groups -OCH3 is 1. The van der Waals surface area contributed by atoms with Crippen LogP contribution < -0.4 is 10.1 Å². The highest BCUT2D eigenvalue weighted by atomic mass is 16.5. The molecule has 0 aliphatic heterocycles. The fourth-order valence-corrected chi connectivity index (χ4v) is 2.72. The third kappa shape index (κ3) is 4.87. The molecule has 0 aliphatic rings. The zero-order valence-electron chi connectivity index (χ0n) is 16.9. The van der Waals surface area contributed by atoms with Gasteiger partial charge in [-0.25, -0.2) is 14.8 Å². The van der Waals surface area contributed by atoms with E-state index in [1.165, 1.54) is 6.92 Å². The Morgan fingerprint density at radius 2 is 1.66 bits per heavy atom. The molecule has 2 aromatic carbocycles. The zero-order chi connectivity index (χ0) is 21.0. The van der Waals surface area contributed by atoms with E-state index in [1.807, 2.05) is 38.1 Å². The molecule has 1 aromatic heterocycles. The van der Waals surface area contributed by atoms with Gasteiger partial charge in [-0.1, -0.05) is 12.1 Å². The van der Waals surface area contributed by atoms with Gasteiger partial charge in [0.05, 0.1) is 35.1 Å². The molecule has 3 aromatic rings. The molecule has 0 fully saturated rings. The number of rotatable bonds is 6. The molecule has 1 atom stereocenters. The molecule has 0 spiro atoms. The van der Waals surface area contributed by atoms with Gasteiger partial charge >= 0.3 is 5.97 Å². The SMILES string of the molecule is COc1ccc(CNC(=O)[C@H](C)OC(=O)c2ccc3nc(C)c(C)nc3c2)cc1. The lowest BCUT2D eigenvalue weighted by molar-refractivity contribution is -0.129. The van der Waals surface area contributed by atoms with E-state index in [0.717, 1.165) is 22.7 Å². The van der Waals surface area contributed by atoms with E-state index in [9.17, 15) is 9.59 Å². The van der Waals surface area contributed by atoms with E-state index in [4.69, 9.17) is 9.47 Å². The Bertz CT molecular complexity index is 1050. The Hall–Kier alpha value is -3.48. The summed E-state index contributed by atoms with van der Waals surface area (Å²) in [7, 11) is 1.59. The first-order valence-electron chi connectivity index (χ1n) is 9.24. The predicted octanol–water partition coefficient (Wildman–Crippen LogP) is 3.12. The smallest absolute Gasteiger partial charge is 0.338 e. The number of benzene rings is 2. The second-order valence-corrected chi connectivity index (χ2v) is 6.71. The average Bonchev–Trinajstić information content (AvgIpc) is 2.72. The molecule has 1 N–H and O–H groups in total. The first-order chi connectivity index (χ1) is 13.9. The maximum Gasteiger partial charge on any atom is 0.338 e. The van der Waals surface area contributed by atoms with Crippen LogP contribution in [0.1, 0.15) is 34.2 Å². The summed E-state index contributed by atoms with van der Waals surface area (Å²) in [5.74, 6) is -0.215. The fourth-order valence-electron chi connectivity index (χ4n) is 2.72. The van der Waals surface area contributed by atoms with Gasteiger partial charge < -0.3 is 14.8 Å². The number of carbonyl (C=O) groups is 2. The molecule has 150 valence electrons. The van der Waals surface area contributed by atoms with Crippen LogP contribution in [0.2, 0.25) is 0 Å². The van der Waals surface area contributed by atoms with E-state index in [0.29, 0.717) is 23.1 Å². The van der Waals surface area contributed by atoms with Crippen molar-refractivity contribution in [3.63, 3.8) is 0 Å². The molecule has 0 aliphatic carbocycles. The molecular formula is C22H23N3O4. The lowest BCUT2D eigenvalue weighted by Gasteiger charge is -2.14. The molecular weight excluding hydrogens is 370 g/mol. The fraction of sp³-hybridized carbons (Fsp3) is 0.273. The topological polar surface area (TPSA) is 90.4 Å². The number of fused-ring (bicyclic) bond motifs is 1. The van der Waals surface area contributed by atoms with Gasteiger partial charge in [-0.05, 0) is 56.7 Å². The van der Waals surface area contributed by atoms with Crippen molar-refractivity contribution in [3.8, 4) is 5.75 Å². The second kappa shape index (κ2) is 8.68. The molecule has 7 nitrogen and oxygen atoms in total. The number of hydrogen-bond acceptors (Lipinski definition) is 6. The van der Waals surface area contributed by atoms with Crippen molar-refractivity contribution in [1.82, 2.24) is 15.3 Å². The van der Waals surface area contributed by atoms with Crippen LogP contribution >= 0.6 is 0 Å². The zero-order valence-corrected chi connectivity index (χ0v) is 16.9. The highest BCUT2D eigenvalue weighted by Gasteiger charge is 2.19. The molecule has 0 bridgehead atoms. The number of aryl methyl sites for hydroxylation is 2. The third-order valence-electron chi connectivity index (χ3n) is 4.59. The summed E-state index contributed by atoms with van der Waals surface area (Å²) in [6.45, 7) is 5.61. The van der Waals surface area contributed by atoms with E-state index in [-0.39, 0.29) is 5.91 Å². The van der Waals surface area contributed by atoms with E-state index < -0.39 is 12.1 Å². The summed E-state index contributed by atoms with van der Waals surface area (Å²) in [6.07, 6.45) is -0.928. The second-order valence-electron chi connectivity index (χ2n) is 6.71. The van der Waals surface area contributed by atoms with Crippen LogP contribution in [0.5, 0.6) is 5.75 Å². The summed E-state index contributed by atoms with van der Waals surface area (Å²) in [4.78, 5) is 33.6. The van der Waals surface area contributed by atoms with Crippen LogP contribution in [0.15, 0.2) is 42.5 Å². The molecule has 1 amide bonds. The number of ether oxygens (including phenoxy) is 2. The van der Waals surface area contributed by atoms with Gasteiger partial charge in [-0.2, -0.15) is 0 Å². The molecule has 0 saturated carbocycles. The van der Waals surface area contributed by atoms with E-state index in [1.54, 1.807) is 25.3 Å². The Balaban J connectivity index is 1.60. The van der Waals surface area contributed by atoms with Gasteiger partial charge in [0.15, 0.2) is 6.10 Å². The lowest BCUT2D eigenvalue weighted by atomic mass is 10.2. The summed E-state index contributed by atoms with van der Waals surface area (Å²) in [5.41, 5.74) is 4.19. The maximum absolute atomic E-state index is 12.4. The largest absolute Gasteiger partial charge is 0.497 e. The standard InChI is InChI=1S/C22H23N3O4/c1-13-14(2)25-20-11-17(7-10-19(20)24-13)22(27)29-15(3)21(26)23-12-16-5-8-18(28-4)9-6-16/h5-11,15H,12H2,1-4H3,(H,23,26)/t15-/m0/s1. The number of carbonyl (C=O) groups excluding carboxylic acids is 2. The normalized spacial score (nSPS) is 11.7. The van der Waals surface area contributed by atoms with Crippen molar-refractivity contribution >= 4 is 22.9 Å². The minimum absolute atomic E-state index is 0.324. The Kier molecular flexibility index (Phi) is 6.07. The molecule has 1 heterocycles. The summed E-state index contributed by atoms with van der Waals surface area (Å²) in [5, 5.41) is 2.76. The number of nitrogens with one attached hydrogen (secondary N) is 1. The van der Waals surface area contributed by atoms with Crippen LogP contribution in [-0.4, -0.2) is 35.1 Å². The van der Waals surface area contributed by atoms with Crippen molar-refractivity contribution in [2.45, 2.75) is 33.4 Å². The maximum atomic E-state index is 12.4. The molecule has 3 rings (SSSR count). The highest BCUT2D eigenvalue weighted by molar-refractivity contribution is 5.95. The number of aromatic nitrogens is 2. The van der Waals surface area contributed by atoms with Gasteiger partial charge in [0.25, 0.3) is 5.91 Å². The molecule has 0 radical (unpaired) electrons. The summed E-state index contributed by atoms with van der Waals surface area (Å²) < 4.78 is 10.4. The van der Waals surface area contributed by atoms with E-state index >= 15 is 0 Å². The quantitative estimate of drug-likeness (QED) is 0.647. The molecule has 29 heavy (non-hydrogen) atoms. The van der Waals surface area contributed by atoms with Gasteiger partial charge in [0.2, 0.25) is 0 Å². The Morgan fingerprint density at radius 1 is 1.00 bits per heavy atom. The molecule has 7 heteroatoms. The van der Waals surface area contributed by atoms with Gasteiger partial charge in [0.1, 0.15) is 5.75 Å². The van der Waals surface area contributed by atoms with Crippen LogP contribution in [-0.2, 0) is 16.1 Å². The van der Waals surface area contributed by atoms with Crippen LogP contribution in [0.3, 0.4) is 0 Å². The Labute approximate surface area is 169 Å². The molecule has 0 saturated heterocycles. The minimum atomic E-state index is -0.928. The first-order valence-corrected chi connectivity index (χ1v) is 9.24. The van der Waals surface area contributed by atoms with Gasteiger partial charge in [0, 0.05) is 6.54 Å². The first kappa shape index (κ1) is 20.3. The van der Waals surface area contributed by atoms with Gasteiger partial charge in [-0.3, -0.25) is 4.79 Å². The van der Waals surface area contributed by atoms with Gasteiger partial charge in [-0.15, -0.1) is 0 Å². The number of nitrogens with zero attached hydrogens (tertiary/aromatic N) is 2. The number of amides is 1. The van der Waals surface area contributed by atoms with Crippen molar-refractivity contribution in [3.05, 3.63) is 65.0 Å². The molecule has 0 unspecified atom stereocenters.